The molecule has 0 unspecified atom stereocenters. The second kappa shape index (κ2) is 8.20. The third kappa shape index (κ3) is 6.56. The summed E-state index contributed by atoms with van der Waals surface area (Å²) in [4.78, 5) is 11.8. The molecule has 1 amide bonds. The van der Waals surface area contributed by atoms with Crippen LogP contribution in [0.1, 0.15) is 31.9 Å². The van der Waals surface area contributed by atoms with Crippen LogP contribution in [-0.4, -0.2) is 11.7 Å². The summed E-state index contributed by atoms with van der Waals surface area (Å²) in [5.41, 5.74) is 2.00. The monoisotopic (exact) mass is 338 g/mol. The molecule has 0 aliphatic rings. The van der Waals surface area contributed by atoms with Gasteiger partial charge < -0.3 is 9.47 Å². The molecule has 5 heteroatoms. The van der Waals surface area contributed by atoms with Gasteiger partial charge in [0.1, 0.15) is 18.0 Å². The third-order valence-corrected chi connectivity index (χ3v) is 3.18. The van der Waals surface area contributed by atoms with Crippen molar-refractivity contribution in [1.82, 2.24) is 0 Å². The highest BCUT2D eigenvalue weighted by Crippen LogP contribution is 2.17. The molecule has 1 N–H and O–H groups in total. The highest BCUT2D eigenvalue weighted by atomic mass is 16.6. The van der Waals surface area contributed by atoms with Crippen LogP contribution in [0.5, 0.6) is 5.75 Å². The molecule has 0 atom stereocenters. The molecule has 0 fully saturated rings. The van der Waals surface area contributed by atoms with Gasteiger partial charge in [-0.15, -0.1) is 0 Å². The molecule has 0 aliphatic carbocycles. The fraction of sp³-hybridized carbons (Fsp3) is 0.300. The lowest BCUT2D eigenvalue weighted by atomic mass is 10.1. The fourth-order valence-electron chi connectivity index (χ4n) is 2.12. The zero-order chi connectivity index (χ0) is 18.3. The van der Waals surface area contributed by atoms with Gasteiger partial charge in [0.2, 0.25) is 0 Å². The Hall–Kier alpha value is -3.00. The standard InChI is InChI=1S/C20H22N2O3/c1-20(2,3)25-19(23)22-17-6-4-5-16(13-17)14-24-18-9-7-15(8-10-18)11-12-21/h4-10,13H,11,14H2,1-3H3,(H,22,23). The maximum absolute atomic E-state index is 11.8. The number of benzene rings is 2. The van der Waals surface area contributed by atoms with Gasteiger partial charge in [-0.2, -0.15) is 5.26 Å². The van der Waals surface area contributed by atoms with Crippen molar-refractivity contribution in [3.63, 3.8) is 0 Å². The van der Waals surface area contributed by atoms with Crippen molar-refractivity contribution in [3.8, 4) is 11.8 Å². The lowest BCUT2D eigenvalue weighted by Crippen LogP contribution is -2.27. The zero-order valence-corrected chi connectivity index (χ0v) is 14.7. The maximum atomic E-state index is 11.8. The van der Waals surface area contributed by atoms with Crippen LogP contribution in [-0.2, 0) is 17.8 Å². The van der Waals surface area contributed by atoms with Gasteiger partial charge in [-0.25, -0.2) is 4.79 Å². The van der Waals surface area contributed by atoms with E-state index in [4.69, 9.17) is 14.7 Å². The smallest absolute Gasteiger partial charge is 0.412 e. The van der Waals surface area contributed by atoms with E-state index in [1.807, 2.05) is 63.2 Å². The molecular weight excluding hydrogens is 316 g/mol. The minimum absolute atomic E-state index is 0.376. The van der Waals surface area contributed by atoms with Crippen molar-refractivity contribution in [3.05, 3.63) is 59.7 Å². The predicted octanol–water partition coefficient (Wildman–Crippen LogP) is 4.68. The lowest BCUT2D eigenvalue weighted by molar-refractivity contribution is 0.0636. The third-order valence-electron chi connectivity index (χ3n) is 3.18. The first-order chi connectivity index (χ1) is 11.9. The quantitative estimate of drug-likeness (QED) is 0.859. The normalized spacial score (nSPS) is 10.6. The molecule has 130 valence electrons. The van der Waals surface area contributed by atoms with E-state index in [0.29, 0.717) is 18.7 Å². The summed E-state index contributed by atoms with van der Waals surface area (Å²) in [6.45, 7) is 5.83. The van der Waals surface area contributed by atoms with Gasteiger partial charge in [0.25, 0.3) is 0 Å². The number of hydrogen-bond donors (Lipinski definition) is 1. The average Bonchev–Trinajstić information content (AvgIpc) is 2.53. The van der Waals surface area contributed by atoms with Crippen molar-refractivity contribution in [2.24, 2.45) is 0 Å². The number of nitrogens with zero attached hydrogens (tertiary/aromatic N) is 1. The van der Waals surface area contributed by atoms with Gasteiger partial charge in [0, 0.05) is 5.69 Å². The Morgan fingerprint density at radius 2 is 1.84 bits per heavy atom. The lowest BCUT2D eigenvalue weighted by Gasteiger charge is -2.19. The number of carbonyl (C=O) groups is 1. The minimum Gasteiger partial charge on any atom is -0.489 e. The number of nitrogens with one attached hydrogen (secondary N) is 1. The second-order valence-corrected chi connectivity index (χ2v) is 6.59. The highest BCUT2D eigenvalue weighted by molar-refractivity contribution is 5.84. The van der Waals surface area contributed by atoms with Crippen LogP contribution in [0.15, 0.2) is 48.5 Å². The van der Waals surface area contributed by atoms with Crippen LogP contribution in [0.4, 0.5) is 10.5 Å². The van der Waals surface area contributed by atoms with Gasteiger partial charge in [0.05, 0.1) is 12.5 Å². The molecule has 0 aromatic heterocycles. The summed E-state index contributed by atoms with van der Waals surface area (Å²) in [5, 5.41) is 11.4. The largest absolute Gasteiger partial charge is 0.489 e. The van der Waals surface area contributed by atoms with Crippen molar-refractivity contribution in [2.75, 3.05) is 5.32 Å². The van der Waals surface area contributed by atoms with Gasteiger partial charge in [0.15, 0.2) is 0 Å². The molecule has 2 rings (SSSR count). The maximum Gasteiger partial charge on any atom is 0.412 e. The van der Waals surface area contributed by atoms with Crippen molar-refractivity contribution >= 4 is 11.8 Å². The molecule has 0 aliphatic heterocycles. The van der Waals surface area contributed by atoms with E-state index in [-0.39, 0.29) is 0 Å². The SMILES string of the molecule is CC(C)(C)OC(=O)Nc1cccc(COc2ccc(CC#N)cc2)c1. The van der Waals surface area contributed by atoms with Crippen molar-refractivity contribution in [1.29, 1.82) is 5.26 Å². The Morgan fingerprint density at radius 1 is 1.12 bits per heavy atom. The van der Waals surface area contributed by atoms with Crippen LogP contribution in [0, 0.1) is 11.3 Å². The fourth-order valence-corrected chi connectivity index (χ4v) is 2.12. The Morgan fingerprint density at radius 3 is 2.48 bits per heavy atom. The molecule has 2 aromatic rings. The summed E-state index contributed by atoms with van der Waals surface area (Å²) >= 11 is 0. The zero-order valence-electron chi connectivity index (χ0n) is 14.7. The Kier molecular flexibility index (Phi) is 6.02. The molecule has 0 saturated heterocycles. The number of anilines is 1. The first-order valence-electron chi connectivity index (χ1n) is 8.03. The minimum atomic E-state index is -0.539. The summed E-state index contributed by atoms with van der Waals surface area (Å²) in [5.74, 6) is 0.729. The summed E-state index contributed by atoms with van der Waals surface area (Å²) in [6.07, 6.45) is -0.0998. The molecule has 0 radical (unpaired) electrons. The number of carbonyl (C=O) groups excluding carboxylic acids is 1. The Balaban J connectivity index is 1.92. The number of rotatable bonds is 5. The van der Waals surface area contributed by atoms with Gasteiger partial charge >= 0.3 is 6.09 Å². The summed E-state index contributed by atoms with van der Waals surface area (Å²) < 4.78 is 11.0. The van der Waals surface area contributed by atoms with Crippen LogP contribution in [0.3, 0.4) is 0 Å². The van der Waals surface area contributed by atoms with Crippen LogP contribution >= 0.6 is 0 Å². The first kappa shape index (κ1) is 18.3. The van der Waals surface area contributed by atoms with E-state index in [0.717, 1.165) is 16.9 Å². The number of hydrogen-bond acceptors (Lipinski definition) is 4. The Bertz CT molecular complexity index is 756. The first-order valence-corrected chi connectivity index (χ1v) is 8.03. The molecular formula is C20H22N2O3. The topological polar surface area (TPSA) is 71.3 Å². The van der Waals surface area contributed by atoms with E-state index >= 15 is 0 Å². The van der Waals surface area contributed by atoms with Crippen LogP contribution in [0.25, 0.3) is 0 Å². The predicted molar refractivity (Wildman–Crippen MR) is 96.4 cm³/mol. The summed E-state index contributed by atoms with van der Waals surface area (Å²) in [6, 6.07) is 17.0. The van der Waals surface area contributed by atoms with Crippen LogP contribution < -0.4 is 10.1 Å². The number of ether oxygens (including phenoxy) is 2. The molecule has 0 saturated carbocycles. The van der Waals surface area contributed by atoms with E-state index in [2.05, 4.69) is 11.4 Å². The van der Waals surface area contributed by atoms with Crippen molar-refractivity contribution < 1.29 is 14.3 Å². The molecule has 5 nitrogen and oxygen atoms in total. The molecule has 0 heterocycles. The van der Waals surface area contributed by atoms with Gasteiger partial charge in [-0.05, 0) is 56.2 Å². The molecule has 25 heavy (non-hydrogen) atoms. The number of nitriles is 1. The second-order valence-electron chi connectivity index (χ2n) is 6.59. The molecule has 0 bridgehead atoms. The molecule has 2 aromatic carbocycles. The number of amides is 1. The van der Waals surface area contributed by atoms with E-state index in [9.17, 15) is 4.79 Å². The Labute approximate surface area is 148 Å². The highest BCUT2D eigenvalue weighted by Gasteiger charge is 2.16. The average molecular weight is 338 g/mol. The molecule has 0 spiro atoms. The van der Waals surface area contributed by atoms with Gasteiger partial charge in [-0.3, -0.25) is 5.32 Å². The van der Waals surface area contributed by atoms with Crippen LogP contribution in [0.2, 0.25) is 0 Å². The van der Waals surface area contributed by atoms with Crippen molar-refractivity contribution in [2.45, 2.75) is 39.4 Å². The van der Waals surface area contributed by atoms with Gasteiger partial charge in [-0.1, -0.05) is 24.3 Å². The van der Waals surface area contributed by atoms with E-state index < -0.39 is 11.7 Å². The summed E-state index contributed by atoms with van der Waals surface area (Å²) in [7, 11) is 0. The van der Waals surface area contributed by atoms with E-state index in [1.165, 1.54) is 0 Å². The van der Waals surface area contributed by atoms with E-state index in [1.54, 1.807) is 6.07 Å².